The van der Waals surface area contributed by atoms with Crippen molar-refractivity contribution < 1.29 is 47.7 Å². The van der Waals surface area contributed by atoms with Gasteiger partial charge in [0.25, 0.3) is 0 Å². The molecule has 0 aromatic heterocycles. The smallest absolute Gasteiger partial charge is 0.342 e. The summed E-state index contributed by atoms with van der Waals surface area (Å²) in [4.78, 5) is 0. The average molecular weight is 763 g/mol. The van der Waals surface area contributed by atoms with Crippen LogP contribution in [0, 0.1) is 0 Å². The van der Waals surface area contributed by atoms with E-state index in [0.717, 1.165) is 0 Å². The minimum atomic E-state index is -4.12. The summed E-state index contributed by atoms with van der Waals surface area (Å²) in [6.07, 6.45) is 0. The van der Waals surface area contributed by atoms with Gasteiger partial charge in [0.2, 0.25) is 0 Å². The van der Waals surface area contributed by atoms with Crippen LogP contribution in [-0.2, 0) is 48.9 Å². The zero-order chi connectivity index (χ0) is 40.2. The van der Waals surface area contributed by atoms with Crippen LogP contribution in [-0.4, -0.2) is 48.9 Å². The van der Waals surface area contributed by atoms with E-state index in [9.17, 15) is 29.6 Å². The second-order valence-corrected chi connectivity index (χ2v) is 22.2. The van der Waals surface area contributed by atoms with Gasteiger partial charge in [-0.1, -0.05) is 107 Å². The first kappa shape index (κ1) is 43.6. The second-order valence-electron chi connectivity index (χ2n) is 17.5. The molecule has 2 atom stereocenters. The van der Waals surface area contributed by atoms with E-state index in [4.69, 9.17) is 18.1 Å². The molecule has 12 heteroatoms. The molecular formula is C40H60O10P2. The van der Waals surface area contributed by atoms with Crippen molar-refractivity contribution in [2.75, 3.05) is 28.4 Å². The Morgan fingerprint density at radius 2 is 0.654 bits per heavy atom. The van der Waals surface area contributed by atoms with Crippen molar-refractivity contribution in [2.24, 2.45) is 0 Å². The molecule has 52 heavy (non-hydrogen) atoms. The van der Waals surface area contributed by atoms with Gasteiger partial charge < -0.3 is 38.5 Å². The molecule has 3 aromatic carbocycles. The highest BCUT2D eigenvalue weighted by Crippen LogP contribution is 2.68. The van der Waals surface area contributed by atoms with E-state index < -0.39 is 59.7 Å². The molecule has 3 aromatic rings. The molecule has 0 saturated heterocycles. The summed E-state index contributed by atoms with van der Waals surface area (Å²) in [5.41, 5.74) is -1.53. The van der Waals surface area contributed by atoms with Crippen molar-refractivity contribution >= 4 is 15.2 Å². The molecule has 4 N–H and O–H groups in total. The Bertz CT molecular complexity index is 1660. The number of hydrogen-bond donors (Lipinski definition) is 4. The van der Waals surface area contributed by atoms with Crippen LogP contribution in [0.5, 0.6) is 23.0 Å². The third-order valence-corrected chi connectivity index (χ3v) is 14.0. The molecule has 0 saturated carbocycles. The number of hydrogen-bond acceptors (Lipinski definition) is 10. The summed E-state index contributed by atoms with van der Waals surface area (Å²) in [5, 5.41) is 46.8. The van der Waals surface area contributed by atoms with Crippen molar-refractivity contribution in [3.63, 3.8) is 0 Å². The summed E-state index contributed by atoms with van der Waals surface area (Å²) in [6.45, 7) is 23.3. The molecule has 0 aliphatic heterocycles. The molecule has 2 unspecified atom stereocenters. The summed E-state index contributed by atoms with van der Waals surface area (Å²) >= 11 is 0. The normalized spacial score (nSPS) is 14.8. The Morgan fingerprint density at radius 3 is 0.827 bits per heavy atom. The molecule has 0 fully saturated rings. The van der Waals surface area contributed by atoms with Crippen molar-refractivity contribution in [3.05, 3.63) is 80.9 Å². The minimum absolute atomic E-state index is 0.0126. The highest BCUT2D eigenvalue weighted by Gasteiger charge is 2.44. The molecule has 3 rings (SSSR count). The van der Waals surface area contributed by atoms with E-state index in [0.29, 0.717) is 33.4 Å². The largest absolute Gasteiger partial charge is 0.508 e. The SMILES string of the molecule is COP(=O)(OC)C(c1cc(C(C)(C)C)c(O)c(C(C)(C)C)c1)c1cc(O)c(C(c2cc(C(C)(C)C)c(O)c(C(C)(C)C)c2)P(=O)(OC)OC)cc1O. The minimum Gasteiger partial charge on any atom is -0.508 e. The lowest BCUT2D eigenvalue weighted by molar-refractivity contribution is 0.267. The number of rotatable bonds is 10. The highest BCUT2D eigenvalue weighted by molar-refractivity contribution is 7.54. The summed E-state index contributed by atoms with van der Waals surface area (Å²) in [6, 6.07) is 9.40. The fraction of sp³-hybridized carbons (Fsp3) is 0.550. The Hall–Kier alpha value is -2.84. The maximum atomic E-state index is 14.5. The molecular weight excluding hydrogens is 702 g/mol. The first-order valence-corrected chi connectivity index (χ1v) is 20.5. The zero-order valence-corrected chi connectivity index (χ0v) is 35.5. The van der Waals surface area contributed by atoms with Crippen molar-refractivity contribution in [1.82, 2.24) is 0 Å². The molecule has 0 radical (unpaired) electrons. The average Bonchev–Trinajstić information content (AvgIpc) is 3.01. The standard InChI is InChI=1S/C40H60O10P2/c1-37(2,3)27-17-23(18-28(33(27)43)38(4,5)6)35(51(45,47-13)48-14)25-21-32(42)26(22-31(25)41)36(52(46,49-15)50-16)24-19-29(39(7,8)9)34(44)30(20-24)40(10,11)12/h17-22,35-36,41-44H,1-16H3. The van der Waals surface area contributed by atoms with E-state index in [1.165, 1.54) is 40.6 Å². The summed E-state index contributed by atoms with van der Waals surface area (Å²) in [7, 11) is -3.28. The lowest BCUT2D eigenvalue weighted by Crippen LogP contribution is -2.19. The number of aromatic hydroxyl groups is 4. The van der Waals surface area contributed by atoms with E-state index >= 15 is 0 Å². The summed E-state index contributed by atoms with van der Waals surface area (Å²) < 4.78 is 51.2. The van der Waals surface area contributed by atoms with E-state index in [2.05, 4.69) is 0 Å². The Labute approximate surface area is 310 Å². The maximum Gasteiger partial charge on any atom is 0.342 e. The Kier molecular flexibility index (Phi) is 12.4. The van der Waals surface area contributed by atoms with Crippen molar-refractivity contribution in [1.29, 1.82) is 0 Å². The van der Waals surface area contributed by atoms with Gasteiger partial charge in [0.05, 0.1) is 0 Å². The van der Waals surface area contributed by atoms with Gasteiger partial charge in [-0.3, -0.25) is 9.13 Å². The van der Waals surface area contributed by atoms with Crippen LogP contribution in [0.3, 0.4) is 0 Å². The third kappa shape index (κ3) is 8.43. The molecule has 0 heterocycles. The van der Waals surface area contributed by atoms with Gasteiger partial charge in [-0.2, -0.15) is 0 Å². The predicted molar refractivity (Wildman–Crippen MR) is 208 cm³/mol. The van der Waals surface area contributed by atoms with Crippen molar-refractivity contribution in [2.45, 2.75) is 116 Å². The molecule has 290 valence electrons. The lowest BCUT2D eigenvalue weighted by atomic mass is 9.77. The third-order valence-electron chi connectivity index (χ3n) is 9.54. The van der Waals surface area contributed by atoms with E-state index in [1.54, 1.807) is 24.3 Å². The molecule has 0 bridgehead atoms. The Balaban J connectivity index is 2.53. The van der Waals surface area contributed by atoms with Gasteiger partial charge in [-0.05, 0) is 67.2 Å². The van der Waals surface area contributed by atoms with Gasteiger partial charge in [0, 0.05) is 39.6 Å². The van der Waals surface area contributed by atoms with Gasteiger partial charge in [0.15, 0.2) is 0 Å². The van der Waals surface area contributed by atoms with Crippen LogP contribution in [0.2, 0.25) is 0 Å². The number of phenolic OH excluding ortho intramolecular Hbond substituents is 4. The quantitative estimate of drug-likeness (QED) is 0.116. The van der Waals surface area contributed by atoms with Gasteiger partial charge in [-0.25, -0.2) is 0 Å². The number of benzene rings is 3. The maximum absolute atomic E-state index is 14.5. The van der Waals surface area contributed by atoms with Crippen molar-refractivity contribution in [3.8, 4) is 23.0 Å². The molecule has 0 amide bonds. The Morgan fingerprint density at radius 1 is 0.442 bits per heavy atom. The van der Waals surface area contributed by atoms with E-state index in [1.807, 2.05) is 83.1 Å². The monoisotopic (exact) mass is 762 g/mol. The molecule has 0 aliphatic rings. The topological polar surface area (TPSA) is 152 Å². The van der Waals surface area contributed by atoms with Gasteiger partial charge >= 0.3 is 15.2 Å². The van der Waals surface area contributed by atoms with Crippen LogP contribution in [0.25, 0.3) is 0 Å². The lowest BCUT2D eigenvalue weighted by Gasteiger charge is -2.33. The van der Waals surface area contributed by atoms with Crippen LogP contribution in [0.1, 0.15) is 139 Å². The van der Waals surface area contributed by atoms with E-state index in [-0.39, 0.29) is 22.6 Å². The van der Waals surface area contributed by atoms with Crippen LogP contribution >= 0.6 is 15.2 Å². The number of phenols is 4. The van der Waals surface area contributed by atoms with Gasteiger partial charge in [-0.15, -0.1) is 0 Å². The molecule has 0 spiro atoms. The predicted octanol–water partition coefficient (Wildman–Crippen LogP) is 10.8. The first-order valence-electron chi connectivity index (χ1n) is 17.3. The summed E-state index contributed by atoms with van der Waals surface area (Å²) in [5.74, 6) is -0.593. The first-order chi connectivity index (χ1) is 23.5. The van der Waals surface area contributed by atoms with Gasteiger partial charge in [0.1, 0.15) is 34.3 Å². The fourth-order valence-electron chi connectivity index (χ4n) is 6.60. The molecule has 0 aliphatic carbocycles. The van der Waals surface area contributed by atoms with Crippen LogP contribution < -0.4 is 0 Å². The van der Waals surface area contributed by atoms with Crippen LogP contribution in [0.15, 0.2) is 36.4 Å². The fourth-order valence-corrected chi connectivity index (χ4v) is 9.86. The molecule has 10 nitrogen and oxygen atoms in total. The highest BCUT2D eigenvalue weighted by atomic mass is 31.2. The second kappa shape index (κ2) is 14.8. The zero-order valence-electron chi connectivity index (χ0n) is 33.8. The van der Waals surface area contributed by atoms with Crippen LogP contribution in [0.4, 0.5) is 0 Å².